The number of nitrogens with zero attached hydrogens (tertiary/aromatic N) is 2. The third kappa shape index (κ3) is 3.75. The molecule has 2 aromatic carbocycles. The Labute approximate surface area is 149 Å². The standard InChI is InChI=1S/C22H23N3/c1-2-17-5-3-6-19(11-17)15-25-10-4-7-20(16-25)12-18-8-9-22-21(13-18)14-23-24-22/h1,3,5-6,8-9,11,13-14,20H,4,7,10,12,15-16H2,(H,23,24)/t20-/m0/s1. The molecule has 0 saturated carbocycles. The fraction of sp³-hybridized carbons (Fsp3) is 0.318. The number of benzene rings is 2. The third-order valence-corrected chi connectivity index (χ3v) is 5.13. The first-order chi connectivity index (χ1) is 12.3. The van der Waals surface area contributed by atoms with Crippen molar-refractivity contribution in [1.82, 2.24) is 15.1 Å². The van der Waals surface area contributed by atoms with Crippen LogP contribution < -0.4 is 0 Å². The molecule has 0 spiro atoms. The van der Waals surface area contributed by atoms with Crippen LogP contribution in [0.3, 0.4) is 0 Å². The lowest BCUT2D eigenvalue weighted by Gasteiger charge is -2.33. The lowest BCUT2D eigenvalue weighted by atomic mass is 9.90. The molecular formula is C22H23N3. The summed E-state index contributed by atoms with van der Waals surface area (Å²) < 4.78 is 0. The van der Waals surface area contributed by atoms with Crippen molar-refractivity contribution >= 4 is 10.9 Å². The molecule has 0 aliphatic carbocycles. The monoisotopic (exact) mass is 329 g/mol. The fourth-order valence-electron chi connectivity index (χ4n) is 3.93. The average Bonchev–Trinajstić information content (AvgIpc) is 3.10. The van der Waals surface area contributed by atoms with E-state index in [-0.39, 0.29) is 0 Å². The molecule has 1 aromatic heterocycles. The van der Waals surface area contributed by atoms with Gasteiger partial charge in [-0.1, -0.05) is 24.1 Å². The van der Waals surface area contributed by atoms with Crippen LogP contribution in [-0.2, 0) is 13.0 Å². The van der Waals surface area contributed by atoms with Gasteiger partial charge in [0, 0.05) is 24.0 Å². The van der Waals surface area contributed by atoms with E-state index < -0.39 is 0 Å². The number of terminal acetylenes is 1. The average molecular weight is 329 g/mol. The van der Waals surface area contributed by atoms with E-state index in [4.69, 9.17) is 6.42 Å². The maximum atomic E-state index is 5.52. The van der Waals surface area contributed by atoms with Gasteiger partial charge in [0.05, 0.1) is 11.7 Å². The largest absolute Gasteiger partial charge is 0.299 e. The summed E-state index contributed by atoms with van der Waals surface area (Å²) in [5.41, 5.74) is 4.81. The number of aromatic amines is 1. The van der Waals surface area contributed by atoms with E-state index in [1.54, 1.807) is 0 Å². The predicted octanol–water partition coefficient (Wildman–Crippen LogP) is 4.00. The van der Waals surface area contributed by atoms with Crippen LogP contribution in [0.5, 0.6) is 0 Å². The summed E-state index contributed by atoms with van der Waals surface area (Å²) >= 11 is 0. The van der Waals surface area contributed by atoms with Gasteiger partial charge in [-0.25, -0.2) is 0 Å². The maximum absolute atomic E-state index is 5.52. The van der Waals surface area contributed by atoms with Gasteiger partial charge >= 0.3 is 0 Å². The Balaban J connectivity index is 1.41. The highest BCUT2D eigenvalue weighted by Gasteiger charge is 2.20. The van der Waals surface area contributed by atoms with Crippen molar-refractivity contribution in [3.05, 3.63) is 65.4 Å². The second-order valence-corrected chi connectivity index (χ2v) is 7.08. The van der Waals surface area contributed by atoms with E-state index >= 15 is 0 Å². The number of hydrogen-bond donors (Lipinski definition) is 1. The number of fused-ring (bicyclic) bond motifs is 1. The zero-order chi connectivity index (χ0) is 17.1. The molecular weight excluding hydrogens is 306 g/mol. The van der Waals surface area contributed by atoms with Crippen molar-refractivity contribution < 1.29 is 0 Å². The number of hydrogen-bond acceptors (Lipinski definition) is 2. The zero-order valence-corrected chi connectivity index (χ0v) is 14.4. The van der Waals surface area contributed by atoms with Gasteiger partial charge in [-0.15, -0.1) is 6.42 Å². The Morgan fingerprint density at radius 2 is 2.16 bits per heavy atom. The first kappa shape index (κ1) is 15.9. The van der Waals surface area contributed by atoms with Gasteiger partial charge in [-0.3, -0.25) is 10.00 Å². The van der Waals surface area contributed by atoms with Gasteiger partial charge < -0.3 is 0 Å². The van der Waals surface area contributed by atoms with Crippen LogP contribution in [0, 0.1) is 18.3 Å². The van der Waals surface area contributed by atoms with Crippen LogP contribution in [0.15, 0.2) is 48.7 Å². The molecule has 1 aliphatic heterocycles. The summed E-state index contributed by atoms with van der Waals surface area (Å²) in [6.45, 7) is 3.33. The molecule has 0 bridgehead atoms. The minimum Gasteiger partial charge on any atom is -0.299 e. The Morgan fingerprint density at radius 3 is 3.08 bits per heavy atom. The fourth-order valence-corrected chi connectivity index (χ4v) is 3.93. The molecule has 3 nitrogen and oxygen atoms in total. The van der Waals surface area contributed by atoms with Gasteiger partial charge in [-0.05, 0) is 67.1 Å². The van der Waals surface area contributed by atoms with Gasteiger partial charge in [0.15, 0.2) is 0 Å². The molecule has 3 aromatic rings. The first-order valence-corrected chi connectivity index (χ1v) is 9.00. The summed E-state index contributed by atoms with van der Waals surface area (Å²) in [7, 11) is 0. The predicted molar refractivity (Wildman–Crippen MR) is 102 cm³/mol. The highest BCUT2D eigenvalue weighted by Crippen LogP contribution is 2.24. The normalized spacial score (nSPS) is 18.3. The molecule has 1 saturated heterocycles. The molecule has 126 valence electrons. The number of likely N-dealkylation sites (tertiary alicyclic amines) is 1. The van der Waals surface area contributed by atoms with Gasteiger partial charge in [0.25, 0.3) is 0 Å². The zero-order valence-electron chi connectivity index (χ0n) is 14.4. The number of nitrogens with one attached hydrogen (secondary N) is 1. The van der Waals surface area contributed by atoms with Crippen LogP contribution in [0.2, 0.25) is 0 Å². The number of piperidine rings is 1. The van der Waals surface area contributed by atoms with Crippen LogP contribution in [-0.4, -0.2) is 28.2 Å². The second-order valence-electron chi connectivity index (χ2n) is 7.08. The molecule has 25 heavy (non-hydrogen) atoms. The molecule has 0 unspecified atom stereocenters. The van der Waals surface area contributed by atoms with Gasteiger partial charge in [0.1, 0.15) is 0 Å². The van der Waals surface area contributed by atoms with Crippen LogP contribution >= 0.6 is 0 Å². The Kier molecular flexibility index (Phi) is 4.54. The Hall–Kier alpha value is -2.57. The van der Waals surface area contributed by atoms with E-state index in [9.17, 15) is 0 Å². The molecule has 3 heteroatoms. The summed E-state index contributed by atoms with van der Waals surface area (Å²) in [6, 6.07) is 15.0. The summed E-state index contributed by atoms with van der Waals surface area (Å²) in [6.07, 6.45) is 11.2. The Morgan fingerprint density at radius 1 is 1.20 bits per heavy atom. The second kappa shape index (κ2) is 7.13. The van der Waals surface area contributed by atoms with Gasteiger partial charge in [-0.2, -0.15) is 5.10 Å². The number of rotatable bonds is 4. The molecule has 1 atom stereocenters. The third-order valence-electron chi connectivity index (χ3n) is 5.13. The molecule has 4 rings (SSSR count). The first-order valence-electron chi connectivity index (χ1n) is 9.00. The lowest BCUT2D eigenvalue weighted by Crippen LogP contribution is -2.35. The van der Waals surface area contributed by atoms with E-state index in [2.05, 4.69) is 57.4 Å². The molecule has 1 aliphatic rings. The van der Waals surface area contributed by atoms with Crippen molar-refractivity contribution in [1.29, 1.82) is 0 Å². The van der Waals surface area contributed by atoms with Crippen molar-refractivity contribution in [3.63, 3.8) is 0 Å². The Bertz CT molecular complexity index is 903. The molecule has 1 N–H and O–H groups in total. The summed E-state index contributed by atoms with van der Waals surface area (Å²) in [5, 5.41) is 8.34. The van der Waals surface area contributed by atoms with Crippen LogP contribution in [0.25, 0.3) is 10.9 Å². The molecule has 0 amide bonds. The van der Waals surface area contributed by atoms with Crippen molar-refractivity contribution in [2.75, 3.05) is 13.1 Å². The van der Waals surface area contributed by atoms with Crippen molar-refractivity contribution in [2.45, 2.75) is 25.8 Å². The van der Waals surface area contributed by atoms with Gasteiger partial charge in [0.2, 0.25) is 0 Å². The van der Waals surface area contributed by atoms with E-state index in [0.717, 1.165) is 30.6 Å². The summed E-state index contributed by atoms with van der Waals surface area (Å²) in [4.78, 5) is 2.57. The lowest BCUT2D eigenvalue weighted by molar-refractivity contribution is 0.167. The molecule has 1 fully saturated rings. The quantitative estimate of drug-likeness (QED) is 0.734. The van der Waals surface area contributed by atoms with Crippen molar-refractivity contribution in [2.24, 2.45) is 5.92 Å². The highest BCUT2D eigenvalue weighted by molar-refractivity contribution is 5.78. The van der Waals surface area contributed by atoms with Crippen LogP contribution in [0.1, 0.15) is 29.5 Å². The molecule has 0 radical (unpaired) electrons. The SMILES string of the molecule is C#Cc1cccc(CN2CCC[C@@H](Cc3ccc4[nH]ncc4c3)C2)c1. The minimum atomic E-state index is 0.717. The van der Waals surface area contributed by atoms with E-state index in [1.807, 2.05) is 12.3 Å². The smallest absolute Gasteiger partial charge is 0.0650 e. The van der Waals surface area contributed by atoms with Crippen molar-refractivity contribution in [3.8, 4) is 12.3 Å². The van der Waals surface area contributed by atoms with E-state index in [0.29, 0.717) is 5.92 Å². The number of aromatic nitrogens is 2. The highest BCUT2D eigenvalue weighted by atomic mass is 15.1. The number of H-pyrrole nitrogens is 1. The topological polar surface area (TPSA) is 31.9 Å². The van der Waals surface area contributed by atoms with Crippen LogP contribution in [0.4, 0.5) is 0 Å². The molecule has 2 heterocycles. The van der Waals surface area contributed by atoms with E-state index in [1.165, 1.54) is 35.9 Å². The maximum Gasteiger partial charge on any atom is 0.0650 e. The summed E-state index contributed by atoms with van der Waals surface area (Å²) in [5.74, 6) is 3.45. The minimum absolute atomic E-state index is 0.717.